The lowest BCUT2D eigenvalue weighted by atomic mass is 9.84. The molecule has 124 valence electrons. The predicted molar refractivity (Wildman–Crippen MR) is 87.2 cm³/mol. The summed E-state index contributed by atoms with van der Waals surface area (Å²) in [5.74, 6) is -0.862. The molecule has 2 fully saturated rings. The van der Waals surface area contributed by atoms with Gasteiger partial charge in [0.2, 0.25) is 0 Å². The lowest BCUT2D eigenvalue weighted by Gasteiger charge is -2.20. The Balaban J connectivity index is 1.70. The minimum Gasteiger partial charge on any atom is -0.481 e. The maximum Gasteiger partial charge on any atom is 0.320 e. The van der Waals surface area contributed by atoms with Gasteiger partial charge in [0.15, 0.2) is 0 Å². The van der Waals surface area contributed by atoms with Crippen molar-refractivity contribution in [2.75, 3.05) is 20.1 Å². The van der Waals surface area contributed by atoms with E-state index >= 15 is 0 Å². The molecule has 3 rings (SSSR count). The van der Waals surface area contributed by atoms with Crippen LogP contribution in [0, 0.1) is 5.92 Å². The van der Waals surface area contributed by atoms with Crippen molar-refractivity contribution in [2.24, 2.45) is 5.92 Å². The molecule has 1 aromatic carbocycles. The molecule has 1 aliphatic heterocycles. The number of benzene rings is 1. The number of carbonyl (C=O) groups is 2. The molecular weight excluding hydrogens is 292 g/mol. The molecule has 2 aliphatic rings. The van der Waals surface area contributed by atoms with Crippen LogP contribution in [0.2, 0.25) is 0 Å². The van der Waals surface area contributed by atoms with E-state index in [9.17, 15) is 14.7 Å². The van der Waals surface area contributed by atoms with E-state index in [1.165, 1.54) is 0 Å². The van der Waals surface area contributed by atoms with Crippen LogP contribution in [-0.2, 0) is 11.3 Å². The van der Waals surface area contributed by atoms with Crippen molar-refractivity contribution < 1.29 is 14.7 Å². The standard InChI is InChI=1S/C18H24N2O3/c1-19-10-11-20(18(19)23)12-13-6-8-15(9-7-13)16(17(21)22)14-4-2-3-5-14/h6-9,14,16H,2-5,10-12H2,1H3,(H,21,22). The molecule has 1 unspecified atom stereocenters. The Labute approximate surface area is 136 Å². The van der Waals surface area contributed by atoms with E-state index < -0.39 is 11.9 Å². The number of hydrogen-bond acceptors (Lipinski definition) is 2. The Bertz CT molecular complexity index is 578. The molecule has 1 saturated carbocycles. The number of carbonyl (C=O) groups excluding carboxylic acids is 1. The minimum absolute atomic E-state index is 0.0587. The van der Waals surface area contributed by atoms with E-state index in [0.717, 1.165) is 49.9 Å². The second-order valence-electron chi connectivity index (χ2n) is 6.73. The van der Waals surface area contributed by atoms with Crippen LogP contribution >= 0.6 is 0 Å². The van der Waals surface area contributed by atoms with Gasteiger partial charge in [-0.3, -0.25) is 4.79 Å². The molecular formula is C18H24N2O3. The van der Waals surface area contributed by atoms with Gasteiger partial charge in [0.05, 0.1) is 5.92 Å². The normalized spacial score (nSPS) is 20.3. The Morgan fingerprint density at radius 2 is 1.87 bits per heavy atom. The Morgan fingerprint density at radius 1 is 1.22 bits per heavy atom. The van der Waals surface area contributed by atoms with Gasteiger partial charge < -0.3 is 14.9 Å². The fourth-order valence-corrected chi connectivity index (χ4v) is 3.81. The molecule has 2 amide bonds. The fourth-order valence-electron chi connectivity index (χ4n) is 3.81. The summed E-state index contributed by atoms with van der Waals surface area (Å²) >= 11 is 0. The number of carboxylic acids is 1. The number of carboxylic acid groups (broad SMARTS) is 1. The maximum atomic E-state index is 11.9. The van der Waals surface area contributed by atoms with Gasteiger partial charge in [-0.15, -0.1) is 0 Å². The van der Waals surface area contributed by atoms with E-state index in [4.69, 9.17) is 0 Å². The van der Waals surface area contributed by atoms with Gasteiger partial charge in [-0.05, 0) is 29.9 Å². The fraction of sp³-hybridized carbons (Fsp3) is 0.556. The average Bonchev–Trinajstić information content (AvgIpc) is 3.15. The molecule has 5 nitrogen and oxygen atoms in total. The summed E-state index contributed by atoms with van der Waals surface area (Å²) < 4.78 is 0. The van der Waals surface area contributed by atoms with Crippen LogP contribution in [0.4, 0.5) is 4.79 Å². The van der Waals surface area contributed by atoms with Crippen molar-refractivity contribution in [3.8, 4) is 0 Å². The van der Waals surface area contributed by atoms with Crippen LogP contribution < -0.4 is 0 Å². The summed E-state index contributed by atoms with van der Waals surface area (Å²) in [5.41, 5.74) is 1.94. The van der Waals surface area contributed by atoms with Crippen LogP contribution in [0.3, 0.4) is 0 Å². The quantitative estimate of drug-likeness (QED) is 0.908. The first-order valence-electron chi connectivity index (χ1n) is 8.38. The molecule has 1 atom stereocenters. The van der Waals surface area contributed by atoms with Gasteiger partial charge in [-0.1, -0.05) is 37.1 Å². The number of amides is 2. The maximum absolute atomic E-state index is 11.9. The minimum atomic E-state index is -0.721. The van der Waals surface area contributed by atoms with Crippen molar-refractivity contribution in [1.82, 2.24) is 9.80 Å². The third-order valence-electron chi connectivity index (χ3n) is 5.15. The molecule has 23 heavy (non-hydrogen) atoms. The molecule has 0 radical (unpaired) electrons. The highest BCUT2D eigenvalue weighted by Crippen LogP contribution is 2.37. The van der Waals surface area contributed by atoms with Gasteiger partial charge >= 0.3 is 12.0 Å². The molecule has 0 bridgehead atoms. The Hall–Kier alpha value is -2.04. The highest BCUT2D eigenvalue weighted by Gasteiger charge is 2.32. The van der Waals surface area contributed by atoms with Gasteiger partial charge in [-0.2, -0.15) is 0 Å². The van der Waals surface area contributed by atoms with E-state index in [0.29, 0.717) is 6.54 Å². The number of rotatable bonds is 5. The third kappa shape index (κ3) is 3.33. The van der Waals surface area contributed by atoms with Crippen LogP contribution in [0.5, 0.6) is 0 Å². The van der Waals surface area contributed by atoms with Gasteiger partial charge in [0.1, 0.15) is 0 Å². The monoisotopic (exact) mass is 316 g/mol. The number of likely N-dealkylation sites (N-methyl/N-ethyl adjacent to an activating group) is 1. The molecule has 1 aromatic rings. The number of nitrogens with zero attached hydrogens (tertiary/aromatic N) is 2. The van der Waals surface area contributed by atoms with Crippen molar-refractivity contribution in [2.45, 2.75) is 38.1 Å². The Morgan fingerprint density at radius 3 is 2.39 bits per heavy atom. The van der Waals surface area contributed by atoms with E-state index in [-0.39, 0.29) is 11.9 Å². The van der Waals surface area contributed by atoms with Crippen molar-refractivity contribution in [1.29, 1.82) is 0 Å². The highest BCUT2D eigenvalue weighted by molar-refractivity contribution is 5.77. The Kier molecular flexibility index (Phi) is 4.55. The predicted octanol–water partition coefficient (Wildman–Crippen LogP) is 2.91. The zero-order valence-corrected chi connectivity index (χ0v) is 13.6. The molecule has 0 spiro atoms. The van der Waals surface area contributed by atoms with E-state index in [2.05, 4.69) is 0 Å². The van der Waals surface area contributed by atoms with Crippen molar-refractivity contribution >= 4 is 12.0 Å². The summed E-state index contributed by atoms with van der Waals surface area (Å²) in [4.78, 5) is 27.1. The zero-order valence-electron chi connectivity index (χ0n) is 13.6. The van der Waals surface area contributed by atoms with Gasteiger partial charge in [0, 0.05) is 26.7 Å². The number of urea groups is 1. The molecule has 1 aliphatic carbocycles. The molecule has 1 saturated heterocycles. The van der Waals surface area contributed by atoms with Gasteiger partial charge in [-0.25, -0.2) is 4.79 Å². The summed E-state index contributed by atoms with van der Waals surface area (Å²) in [5, 5.41) is 9.59. The first-order valence-corrected chi connectivity index (χ1v) is 8.38. The highest BCUT2D eigenvalue weighted by atomic mass is 16.4. The third-order valence-corrected chi connectivity index (χ3v) is 5.15. The summed E-state index contributed by atoms with van der Waals surface area (Å²) in [6.07, 6.45) is 4.29. The largest absolute Gasteiger partial charge is 0.481 e. The van der Waals surface area contributed by atoms with E-state index in [1.54, 1.807) is 4.90 Å². The lowest BCUT2D eigenvalue weighted by Crippen LogP contribution is -2.28. The second kappa shape index (κ2) is 6.60. The summed E-state index contributed by atoms with van der Waals surface area (Å²) in [7, 11) is 1.81. The van der Waals surface area contributed by atoms with Crippen LogP contribution in [0.15, 0.2) is 24.3 Å². The number of hydrogen-bond donors (Lipinski definition) is 1. The number of aliphatic carboxylic acids is 1. The molecule has 1 N–H and O–H groups in total. The van der Waals surface area contributed by atoms with Crippen LogP contribution in [-0.4, -0.2) is 47.0 Å². The summed E-state index contributed by atoms with van der Waals surface area (Å²) in [6.45, 7) is 2.10. The second-order valence-corrected chi connectivity index (χ2v) is 6.73. The zero-order chi connectivity index (χ0) is 16.4. The average molecular weight is 316 g/mol. The first-order chi connectivity index (χ1) is 11.1. The molecule has 5 heteroatoms. The first kappa shape index (κ1) is 15.8. The smallest absolute Gasteiger partial charge is 0.320 e. The lowest BCUT2D eigenvalue weighted by molar-refractivity contribution is -0.140. The van der Waals surface area contributed by atoms with Crippen LogP contribution in [0.1, 0.15) is 42.7 Å². The van der Waals surface area contributed by atoms with Crippen molar-refractivity contribution in [3.63, 3.8) is 0 Å². The topological polar surface area (TPSA) is 60.9 Å². The van der Waals surface area contributed by atoms with Crippen molar-refractivity contribution in [3.05, 3.63) is 35.4 Å². The molecule has 1 heterocycles. The SMILES string of the molecule is CN1CCN(Cc2ccc(C(C(=O)O)C3CCCC3)cc2)C1=O. The van der Waals surface area contributed by atoms with Gasteiger partial charge in [0.25, 0.3) is 0 Å². The summed E-state index contributed by atoms with van der Waals surface area (Å²) in [6, 6.07) is 7.84. The van der Waals surface area contributed by atoms with E-state index in [1.807, 2.05) is 36.2 Å². The molecule has 0 aromatic heterocycles. The van der Waals surface area contributed by atoms with Crippen LogP contribution in [0.25, 0.3) is 0 Å².